The lowest BCUT2D eigenvalue weighted by atomic mass is 9.95. The molecule has 3 atom stereocenters. The number of nitrogens with zero attached hydrogens (tertiary/aromatic N) is 2. The highest BCUT2D eigenvalue weighted by Crippen LogP contribution is 2.38. The summed E-state index contributed by atoms with van der Waals surface area (Å²) in [4.78, 5) is 31.6. The van der Waals surface area contributed by atoms with E-state index >= 15 is 0 Å². The van der Waals surface area contributed by atoms with Crippen LogP contribution in [0.5, 0.6) is 0 Å². The summed E-state index contributed by atoms with van der Waals surface area (Å²) < 4.78 is 0. The molecule has 0 saturated heterocycles. The van der Waals surface area contributed by atoms with E-state index in [0.717, 1.165) is 6.42 Å². The summed E-state index contributed by atoms with van der Waals surface area (Å²) in [7, 11) is 0. The molecule has 1 aromatic heterocycles. The normalized spacial score (nSPS) is 24.8. The second-order valence-corrected chi connectivity index (χ2v) is 5.83. The molecule has 1 aromatic rings. The maximum Gasteiger partial charge on any atom is 0.307 e. The van der Waals surface area contributed by atoms with Crippen LogP contribution >= 0.6 is 11.6 Å². The number of halogens is 1. The second-order valence-electron chi connectivity index (χ2n) is 5.44. The molecule has 2 N–H and O–H groups in total. The van der Waals surface area contributed by atoms with Crippen molar-refractivity contribution in [3.63, 3.8) is 0 Å². The van der Waals surface area contributed by atoms with Crippen molar-refractivity contribution in [1.82, 2.24) is 9.97 Å². The molecule has 1 amide bonds. The molecule has 3 unspecified atom stereocenters. The molecular formula is C14H18ClN3O3. The van der Waals surface area contributed by atoms with Gasteiger partial charge in [-0.25, -0.2) is 9.97 Å². The van der Waals surface area contributed by atoms with E-state index in [1.807, 2.05) is 6.92 Å². The van der Waals surface area contributed by atoms with Crippen LogP contribution in [0.3, 0.4) is 0 Å². The topological polar surface area (TPSA) is 92.2 Å². The van der Waals surface area contributed by atoms with Crippen LogP contribution in [0.1, 0.15) is 31.9 Å². The Morgan fingerprint density at radius 3 is 2.62 bits per heavy atom. The summed E-state index contributed by atoms with van der Waals surface area (Å²) in [6.45, 7) is 3.75. The molecule has 1 saturated carbocycles. The minimum atomic E-state index is -0.922. The van der Waals surface area contributed by atoms with Gasteiger partial charge in [-0.15, -0.1) is 0 Å². The first kappa shape index (κ1) is 15.7. The van der Waals surface area contributed by atoms with Gasteiger partial charge in [0, 0.05) is 5.69 Å². The first-order chi connectivity index (χ1) is 9.90. The van der Waals surface area contributed by atoms with Crippen molar-refractivity contribution >= 4 is 29.4 Å². The monoisotopic (exact) mass is 311 g/mol. The fourth-order valence-electron chi connectivity index (χ4n) is 2.83. The second kappa shape index (κ2) is 6.39. The maximum atomic E-state index is 12.3. The van der Waals surface area contributed by atoms with Crippen LogP contribution in [0.4, 0.5) is 5.95 Å². The van der Waals surface area contributed by atoms with E-state index in [4.69, 9.17) is 11.6 Å². The molecule has 0 aromatic carbocycles. The zero-order valence-electron chi connectivity index (χ0n) is 12.0. The summed E-state index contributed by atoms with van der Waals surface area (Å²) in [5, 5.41) is 12.1. The van der Waals surface area contributed by atoms with Crippen LogP contribution in [0, 0.1) is 24.7 Å². The number of amides is 1. The van der Waals surface area contributed by atoms with Crippen LogP contribution in [0.2, 0.25) is 5.15 Å². The third-order valence-electron chi connectivity index (χ3n) is 3.95. The Hall–Kier alpha value is -1.69. The maximum absolute atomic E-state index is 12.3. The molecule has 6 nitrogen and oxygen atoms in total. The fraction of sp³-hybridized carbons (Fsp3) is 0.571. The van der Waals surface area contributed by atoms with Gasteiger partial charge in [0.05, 0.1) is 11.8 Å². The van der Waals surface area contributed by atoms with Crippen LogP contribution in [0.15, 0.2) is 6.07 Å². The third-order valence-corrected chi connectivity index (χ3v) is 4.14. The van der Waals surface area contributed by atoms with Gasteiger partial charge in [-0.05, 0) is 31.7 Å². The van der Waals surface area contributed by atoms with Crippen LogP contribution in [-0.4, -0.2) is 27.0 Å². The molecule has 0 bridgehead atoms. The largest absolute Gasteiger partial charge is 0.481 e. The van der Waals surface area contributed by atoms with E-state index in [1.54, 1.807) is 13.0 Å². The Bertz CT molecular complexity index is 544. The minimum absolute atomic E-state index is 0.120. The van der Waals surface area contributed by atoms with E-state index in [1.165, 1.54) is 0 Å². The van der Waals surface area contributed by atoms with Gasteiger partial charge in [-0.2, -0.15) is 0 Å². The van der Waals surface area contributed by atoms with Crippen molar-refractivity contribution in [3.8, 4) is 0 Å². The van der Waals surface area contributed by atoms with Gasteiger partial charge < -0.3 is 5.11 Å². The molecule has 1 aliphatic carbocycles. The lowest BCUT2D eigenvalue weighted by Crippen LogP contribution is -2.30. The summed E-state index contributed by atoms with van der Waals surface area (Å²) >= 11 is 5.82. The Morgan fingerprint density at radius 2 is 2.05 bits per heavy atom. The molecule has 114 valence electrons. The smallest absolute Gasteiger partial charge is 0.307 e. The highest BCUT2D eigenvalue weighted by molar-refractivity contribution is 6.29. The van der Waals surface area contributed by atoms with E-state index in [2.05, 4.69) is 15.3 Å². The van der Waals surface area contributed by atoms with Crippen molar-refractivity contribution in [1.29, 1.82) is 0 Å². The molecular weight excluding hydrogens is 294 g/mol. The molecule has 1 aliphatic rings. The van der Waals surface area contributed by atoms with Gasteiger partial charge >= 0.3 is 5.97 Å². The SMILES string of the molecule is CCC1CC(C(=O)O)C(C(=O)Nc2nc(C)cc(Cl)n2)C1. The molecule has 0 spiro atoms. The average molecular weight is 312 g/mol. The number of hydrogen-bond donors (Lipinski definition) is 2. The average Bonchev–Trinajstić information content (AvgIpc) is 2.81. The predicted octanol–water partition coefficient (Wildman–Crippen LogP) is 2.51. The highest BCUT2D eigenvalue weighted by Gasteiger charge is 2.42. The standard InChI is InChI=1S/C14H18ClN3O3/c1-3-8-5-9(10(6-8)13(20)21)12(19)18-14-16-7(2)4-11(15)17-14/h4,8-10H,3,5-6H2,1-2H3,(H,20,21)(H,16,17,18,19). The van der Waals surface area contributed by atoms with E-state index in [0.29, 0.717) is 18.5 Å². The lowest BCUT2D eigenvalue weighted by molar-refractivity contribution is -0.145. The first-order valence-electron chi connectivity index (χ1n) is 6.95. The number of aliphatic carboxylic acids is 1. The quantitative estimate of drug-likeness (QED) is 0.833. The first-order valence-corrected chi connectivity index (χ1v) is 7.33. The number of hydrogen-bond acceptors (Lipinski definition) is 4. The third kappa shape index (κ3) is 3.69. The van der Waals surface area contributed by atoms with Gasteiger partial charge in [0.15, 0.2) is 0 Å². The summed E-state index contributed by atoms with van der Waals surface area (Å²) in [6.07, 6.45) is 2.00. The van der Waals surface area contributed by atoms with Crippen LogP contribution in [0.25, 0.3) is 0 Å². The van der Waals surface area contributed by atoms with Gasteiger partial charge in [-0.1, -0.05) is 24.9 Å². The van der Waals surface area contributed by atoms with Crippen molar-refractivity contribution in [3.05, 3.63) is 16.9 Å². The Morgan fingerprint density at radius 1 is 1.38 bits per heavy atom. The Labute approximate surface area is 127 Å². The van der Waals surface area contributed by atoms with E-state index < -0.39 is 17.8 Å². The molecule has 2 rings (SSSR count). The van der Waals surface area contributed by atoms with Crippen LogP contribution < -0.4 is 5.32 Å². The molecule has 7 heteroatoms. The number of anilines is 1. The van der Waals surface area contributed by atoms with Crippen molar-refractivity contribution in [2.75, 3.05) is 5.32 Å². The summed E-state index contributed by atoms with van der Waals surface area (Å²) in [6, 6.07) is 1.58. The van der Waals surface area contributed by atoms with E-state index in [-0.39, 0.29) is 22.9 Å². The molecule has 0 radical (unpaired) electrons. The Kier molecular flexibility index (Phi) is 4.77. The fourth-order valence-corrected chi connectivity index (χ4v) is 3.07. The van der Waals surface area contributed by atoms with Crippen molar-refractivity contribution < 1.29 is 14.7 Å². The summed E-state index contributed by atoms with van der Waals surface area (Å²) in [5.74, 6) is -2.07. The number of aromatic nitrogens is 2. The van der Waals surface area contributed by atoms with E-state index in [9.17, 15) is 14.7 Å². The number of carboxylic acid groups (broad SMARTS) is 1. The van der Waals surface area contributed by atoms with Gasteiger partial charge in [0.1, 0.15) is 5.15 Å². The number of carbonyl (C=O) groups excluding carboxylic acids is 1. The molecule has 21 heavy (non-hydrogen) atoms. The molecule has 1 fully saturated rings. The minimum Gasteiger partial charge on any atom is -0.481 e. The van der Waals surface area contributed by atoms with Gasteiger partial charge in [-0.3, -0.25) is 14.9 Å². The number of aryl methyl sites for hydroxylation is 1. The molecule has 1 heterocycles. The predicted molar refractivity (Wildman–Crippen MR) is 78.0 cm³/mol. The van der Waals surface area contributed by atoms with Crippen molar-refractivity contribution in [2.45, 2.75) is 33.1 Å². The summed E-state index contributed by atoms with van der Waals surface area (Å²) in [5.41, 5.74) is 0.637. The lowest BCUT2D eigenvalue weighted by Gasteiger charge is -2.14. The van der Waals surface area contributed by atoms with Crippen LogP contribution in [-0.2, 0) is 9.59 Å². The van der Waals surface area contributed by atoms with Gasteiger partial charge in [0.25, 0.3) is 0 Å². The number of carboxylic acids is 1. The number of carbonyl (C=O) groups is 2. The zero-order chi connectivity index (χ0) is 15.6. The zero-order valence-corrected chi connectivity index (χ0v) is 12.7. The molecule has 0 aliphatic heterocycles. The highest BCUT2D eigenvalue weighted by atomic mass is 35.5. The number of rotatable bonds is 4. The Balaban J connectivity index is 2.13. The van der Waals surface area contributed by atoms with Gasteiger partial charge in [0.2, 0.25) is 11.9 Å². The number of nitrogens with one attached hydrogen (secondary N) is 1. The van der Waals surface area contributed by atoms with Crippen molar-refractivity contribution in [2.24, 2.45) is 17.8 Å².